The van der Waals surface area contributed by atoms with Gasteiger partial charge in [0, 0.05) is 9.92 Å². The first-order valence-corrected chi connectivity index (χ1v) is 8.50. The number of carbonyl (C=O) groups excluding carboxylic acids is 2. The van der Waals surface area contributed by atoms with Gasteiger partial charge >= 0.3 is 5.97 Å². The molecular weight excluding hydrogens is 348 g/mol. The van der Waals surface area contributed by atoms with E-state index in [-0.39, 0.29) is 11.8 Å². The normalized spacial score (nSPS) is 10.3. The number of aryl methyl sites for hydroxylation is 2. The Morgan fingerprint density at radius 3 is 2.50 bits per heavy atom. The van der Waals surface area contributed by atoms with Crippen molar-refractivity contribution in [2.75, 3.05) is 11.9 Å². The Bertz CT molecular complexity index is 763. The number of hydrogen-bond acceptors (Lipinski definition) is 5. The van der Waals surface area contributed by atoms with Gasteiger partial charge in [0.15, 0.2) is 0 Å². The van der Waals surface area contributed by atoms with E-state index >= 15 is 0 Å². The lowest BCUT2D eigenvalue weighted by atomic mass is 10.1. The van der Waals surface area contributed by atoms with Crippen molar-refractivity contribution in [2.24, 2.45) is 0 Å². The van der Waals surface area contributed by atoms with Gasteiger partial charge in [-0.05, 0) is 62.9 Å². The molecule has 0 aliphatic rings. The van der Waals surface area contributed by atoms with Gasteiger partial charge in [0.05, 0.1) is 29.2 Å². The Kier molecular flexibility index (Phi) is 6.23. The monoisotopic (exact) mass is 364 g/mol. The van der Waals surface area contributed by atoms with Gasteiger partial charge in [-0.1, -0.05) is 11.6 Å². The zero-order valence-electron chi connectivity index (χ0n) is 13.6. The third kappa shape index (κ3) is 4.72. The van der Waals surface area contributed by atoms with Crippen molar-refractivity contribution in [3.63, 3.8) is 0 Å². The molecular formula is C17H17ClN2O3S. The Balaban J connectivity index is 2.16. The van der Waals surface area contributed by atoms with Gasteiger partial charge in [-0.3, -0.25) is 9.78 Å². The van der Waals surface area contributed by atoms with Crippen LogP contribution in [0.3, 0.4) is 0 Å². The van der Waals surface area contributed by atoms with Crippen molar-refractivity contribution in [1.29, 1.82) is 0 Å². The summed E-state index contributed by atoms with van der Waals surface area (Å²) in [7, 11) is 0. The average molecular weight is 365 g/mol. The Hall–Kier alpha value is -2.05. The summed E-state index contributed by atoms with van der Waals surface area (Å²) < 4.78 is 5.01. The van der Waals surface area contributed by atoms with E-state index in [0.717, 1.165) is 16.7 Å². The molecule has 2 rings (SSSR count). The highest BCUT2D eigenvalue weighted by atomic mass is 35.5. The van der Waals surface area contributed by atoms with Crippen LogP contribution in [0.2, 0.25) is 5.02 Å². The van der Waals surface area contributed by atoms with E-state index in [4.69, 9.17) is 16.3 Å². The standard InChI is InChI=1S/C17H17ClN2O3S/c1-4-23-16(21)14-9-15(11(3)19-10(14)2)20-17(22)24-13-7-5-12(18)6-8-13/h5-9H,4H2,1-3H3,(H,20,22). The summed E-state index contributed by atoms with van der Waals surface area (Å²) in [5.41, 5.74) is 2.02. The molecule has 0 bridgehead atoms. The third-order valence-corrected chi connectivity index (χ3v) is 4.21. The van der Waals surface area contributed by atoms with Crippen molar-refractivity contribution >= 4 is 40.3 Å². The molecule has 1 N–H and O–H groups in total. The maximum Gasteiger partial charge on any atom is 0.340 e. The number of benzene rings is 1. The minimum absolute atomic E-state index is 0.277. The number of anilines is 1. The fourth-order valence-electron chi connectivity index (χ4n) is 2.01. The van der Waals surface area contributed by atoms with Crippen LogP contribution in [0.25, 0.3) is 0 Å². The van der Waals surface area contributed by atoms with E-state index in [1.807, 2.05) is 0 Å². The average Bonchev–Trinajstić information content (AvgIpc) is 2.52. The summed E-state index contributed by atoms with van der Waals surface area (Å²) in [5.74, 6) is -0.455. The number of nitrogens with zero attached hydrogens (tertiary/aromatic N) is 1. The van der Waals surface area contributed by atoms with E-state index in [1.165, 1.54) is 0 Å². The van der Waals surface area contributed by atoms with Crippen molar-refractivity contribution in [3.05, 3.63) is 52.3 Å². The zero-order valence-corrected chi connectivity index (χ0v) is 15.1. The molecule has 1 amide bonds. The van der Waals surface area contributed by atoms with Crippen LogP contribution in [0.1, 0.15) is 28.7 Å². The number of thioether (sulfide) groups is 1. The van der Waals surface area contributed by atoms with Crippen LogP contribution < -0.4 is 5.32 Å². The fourth-order valence-corrected chi connectivity index (χ4v) is 2.79. The van der Waals surface area contributed by atoms with Crippen molar-refractivity contribution in [2.45, 2.75) is 25.7 Å². The lowest BCUT2D eigenvalue weighted by Gasteiger charge is -2.11. The number of nitrogens with one attached hydrogen (secondary N) is 1. The highest BCUT2D eigenvalue weighted by Crippen LogP contribution is 2.25. The number of amides is 1. The maximum atomic E-state index is 12.2. The second-order valence-corrected chi connectivity index (χ2v) is 6.43. The molecule has 126 valence electrons. The Labute approximate surface area is 149 Å². The lowest BCUT2D eigenvalue weighted by Crippen LogP contribution is -2.12. The molecule has 0 fully saturated rings. The van der Waals surface area contributed by atoms with E-state index in [0.29, 0.717) is 27.7 Å². The topological polar surface area (TPSA) is 68.3 Å². The van der Waals surface area contributed by atoms with Gasteiger partial charge in [0.25, 0.3) is 5.24 Å². The molecule has 1 aromatic carbocycles. The number of hydrogen-bond donors (Lipinski definition) is 1. The van der Waals surface area contributed by atoms with Crippen LogP contribution in [0.5, 0.6) is 0 Å². The van der Waals surface area contributed by atoms with Gasteiger partial charge in [-0.25, -0.2) is 4.79 Å². The number of rotatable bonds is 4. The third-order valence-electron chi connectivity index (χ3n) is 3.16. The van der Waals surface area contributed by atoms with Gasteiger partial charge in [-0.2, -0.15) is 0 Å². The van der Waals surface area contributed by atoms with Crippen LogP contribution in [0.15, 0.2) is 35.2 Å². The number of aromatic nitrogens is 1. The minimum Gasteiger partial charge on any atom is -0.462 e. The maximum absolute atomic E-state index is 12.2. The molecule has 0 saturated heterocycles. The van der Waals surface area contributed by atoms with Crippen molar-refractivity contribution < 1.29 is 14.3 Å². The number of esters is 1. The van der Waals surface area contributed by atoms with Crippen LogP contribution in [0, 0.1) is 13.8 Å². The highest BCUT2D eigenvalue weighted by molar-refractivity contribution is 8.13. The molecule has 0 atom stereocenters. The van der Waals surface area contributed by atoms with E-state index < -0.39 is 5.97 Å². The number of ether oxygens (including phenoxy) is 1. The Morgan fingerprint density at radius 1 is 1.21 bits per heavy atom. The fraction of sp³-hybridized carbons (Fsp3) is 0.235. The van der Waals surface area contributed by atoms with Crippen molar-refractivity contribution in [1.82, 2.24) is 4.98 Å². The molecule has 0 saturated carbocycles. The molecule has 1 heterocycles. The van der Waals surface area contributed by atoms with Crippen LogP contribution >= 0.6 is 23.4 Å². The zero-order chi connectivity index (χ0) is 17.7. The number of carbonyl (C=O) groups is 2. The van der Waals surface area contributed by atoms with Gasteiger partial charge in [0.1, 0.15) is 0 Å². The van der Waals surface area contributed by atoms with Crippen LogP contribution in [0.4, 0.5) is 10.5 Å². The molecule has 1 aromatic heterocycles. The summed E-state index contributed by atoms with van der Waals surface area (Å²) >= 11 is 6.86. The van der Waals surface area contributed by atoms with Crippen LogP contribution in [-0.4, -0.2) is 22.8 Å². The van der Waals surface area contributed by atoms with Gasteiger partial charge in [0.2, 0.25) is 0 Å². The molecule has 7 heteroatoms. The molecule has 2 aromatic rings. The largest absolute Gasteiger partial charge is 0.462 e. The van der Waals surface area contributed by atoms with Crippen molar-refractivity contribution in [3.8, 4) is 0 Å². The molecule has 0 radical (unpaired) electrons. The van der Waals surface area contributed by atoms with E-state index in [1.54, 1.807) is 51.1 Å². The molecule has 0 aliphatic carbocycles. The predicted molar refractivity (Wildman–Crippen MR) is 96.0 cm³/mol. The summed E-state index contributed by atoms with van der Waals surface area (Å²) in [4.78, 5) is 29.2. The number of pyridine rings is 1. The number of halogens is 1. The quantitative estimate of drug-likeness (QED) is 0.620. The van der Waals surface area contributed by atoms with Crippen LogP contribution in [-0.2, 0) is 4.74 Å². The summed E-state index contributed by atoms with van der Waals surface area (Å²) in [6.07, 6.45) is 0. The summed E-state index contributed by atoms with van der Waals surface area (Å²) in [5, 5.41) is 3.09. The molecule has 0 spiro atoms. The summed E-state index contributed by atoms with van der Waals surface area (Å²) in [6.45, 7) is 5.51. The second kappa shape index (κ2) is 8.17. The first-order chi connectivity index (χ1) is 11.4. The lowest BCUT2D eigenvalue weighted by molar-refractivity contribution is 0.0525. The Morgan fingerprint density at radius 2 is 1.88 bits per heavy atom. The summed E-state index contributed by atoms with van der Waals surface area (Å²) in [6, 6.07) is 8.55. The van der Waals surface area contributed by atoms with Gasteiger partial charge < -0.3 is 10.1 Å². The second-order valence-electron chi connectivity index (χ2n) is 4.94. The van der Waals surface area contributed by atoms with Gasteiger partial charge in [-0.15, -0.1) is 0 Å². The first-order valence-electron chi connectivity index (χ1n) is 7.30. The molecule has 24 heavy (non-hydrogen) atoms. The van der Waals surface area contributed by atoms with E-state index in [9.17, 15) is 9.59 Å². The smallest absolute Gasteiger partial charge is 0.340 e. The highest BCUT2D eigenvalue weighted by Gasteiger charge is 2.16. The molecule has 0 aliphatic heterocycles. The molecule has 0 unspecified atom stereocenters. The first kappa shape index (κ1) is 18.3. The SMILES string of the molecule is CCOC(=O)c1cc(NC(=O)Sc2ccc(Cl)cc2)c(C)nc1C. The molecule has 5 nitrogen and oxygen atoms in total. The van der Waals surface area contributed by atoms with E-state index in [2.05, 4.69) is 10.3 Å². The minimum atomic E-state index is -0.455. The predicted octanol–water partition coefficient (Wildman–Crippen LogP) is 4.85.